The van der Waals surface area contributed by atoms with E-state index in [0.29, 0.717) is 0 Å². The van der Waals surface area contributed by atoms with Gasteiger partial charge in [-0.3, -0.25) is 0 Å². The minimum Gasteiger partial charge on any atom is -0.0941 e. The minimum absolute atomic E-state index is 0.896. The molecule has 0 radical (unpaired) electrons. The first kappa shape index (κ1) is 13.7. The SMILES string of the molecule is CCCCCCSSCC(C)CC. The Labute approximate surface area is 92.0 Å². The summed E-state index contributed by atoms with van der Waals surface area (Å²) in [5.41, 5.74) is 0. The van der Waals surface area contributed by atoms with Crippen LogP contribution in [0.1, 0.15) is 52.9 Å². The van der Waals surface area contributed by atoms with E-state index in [4.69, 9.17) is 0 Å². The molecule has 0 aliphatic rings. The third-order valence-corrected chi connectivity index (χ3v) is 4.95. The summed E-state index contributed by atoms with van der Waals surface area (Å²) < 4.78 is 0. The largest absolute Gasteiger partial charge is 0.0941 e. The van der Waals surface area contributed by atoms with Crippen LogP contribution in [0.5, 0.6) is 0 Å². The second-order valence-corrected chi connectivity index (χ2v) is 6.31. The molecule has 0 bridgehead atoms. The van der Waals surface area contributed by atoms with Gasteiger partial charge in [-0.15, -0.1) is 0 Å². The van der Waals surface area contributed by atoms with Crippen LogP contribution in [0, 0.1) is 5.92 Å². The zero-order valence-electron chi connectivity index (χ0n) is 9.34. The predicted octanol–water partition coefficient (Wildman–Crippen LogP) is 4.99. The maximum absolute atomic E-state index is 2.34. The molecular weight excluding hydrogens is 196 g/mol. The van der Waals surface area contributed by atoms with Crippen molar-refractivity contribution in [2.24, 2.45) is 5.92 Å². The van der Waals surface area contributed by atoms with Gasteiger partial charge >= 0.3 is 0 Å². The number of rotatable bonds is 9. The van der Waals surface area contributed by atoms with Crippen molar-refractivity contribution in [3.63, 3.8) is 0 Å². The van der Waals surface area contributed by atoms with Gasteiger partial charge in [0.05, 0.1) is 0 Å². The summed E-state index contributed by atoms with van der Waals surface area (Å²) in [5, 5.41) is 0. The Hall–Kier alpha value is 0.700. The lowest BCUT2D eigenvalue weighted by Gasteiger charge is -2.06. The van der Waals surface area contributed by atoms with Crippen LogP contribution in [-0.4, -0.2) is 11.5 Å². The third kappa shape index (κ3) is 10.6. The number of hydrogen-bond donors (Lipinski definition) is 0. The van der Waals surface area contributed by atoms with Gasteiger partial charge in [-0.05, 0) is 12.3 Å². The lowest BCUT2D eigenvalue weighted by Crippen LogP contribution is -1.93. The van der Waals surface area contributed by atoms with Gasteiger partial charge < -0.3 is 0 Å². The fourth-order valence-electron chi connectivity index (χ4n) is 0.929. The highest BCUT2D eigenvalue weighted by Crippen LogP contribution is 2.26. The van der Waals surface area contributed by atoms with Gasteiger partial charge in [-0.2, -0.15) is 0 Å². The average Bonchev–Trinajstić information content (AvgIpc) is 2.16. The van der Waals surface area contributed by atoms with Gasteiger partial charge in [0.1, 0.15) is 0 Å². The summed E-state index contributed by atoms with van der Waals surface area (Å²) >= 11 is 0. The Morgan fingerprint density at radius 3 is 2.38 bits per heavy atom. The van der Waals surface area contributed by atoms with E-state index in [2.05, 4.69) is 42.4 Å². The fourth-order valence-corrected chi connectivity index (χ4v) is 3.63. The molecular formula is C11H24S2. The normalized spacial score (nSPS) is 13.2. The Kier molecular flexibility index (Phi) is 11.4. The monoisotopic (exact) mass is 220 g/mol. The maximum atomic E-state index is 2.34. The summed E-state index contributed by atoms with van der Waals surface area (Å²) in [5.74, 6) is 3.57. The Balaban J connectivity index is 2.91. The summed E-state index contributed by atoms with van der Waals surface area (Å²) in [6, 6.07) is 0. The van der Waals surface area contributed by atoms with Crippen LogP contribution < -0.4 is 0 Å². The van der Waals surface area contributed by atoms with E-state index in [1.807, 2.05) is 0 Å². The molecule has 0 fully saturated rings. The maximum Gasteiger partial charge on any atom is 0.00625 e. The average molecular weight is 220 g/mol. The molecule has 0 spiro atoms. The Morgan fingerprint density at radius 2 is 1.77 bits per heavy atom. The second-order valence-electron chi connectivity index (χ2n) is 3.68. The molecule has 0 amide bonds. The first-order chi connectivity index (χ1) is 6.31. The quantitative estimate of drug-likeness (QED) is 0.396. The standard InChI is InChI=1S/C11H24S2/c1-4-6-7-8-9-12-13-10-11(3)5-2/h11H,4-10H2,1-3H3. The minimum atomic E-state index is 0.896. The molecule has 0 N–H and O–H groups in total. The highest BCUT2D eigenvalue weighted by molar-refractivity contribution is 8.76. The number of unbranched alkanes of at least 4 members (excludes halogenated alkanes) is 3. The molecule has 0 aliphatic carbocycles. The third-order valence-electron chi connectivity index (χ3n) is 2.21. The molecule has 0 saturated heterocycles. The molecule has 2 heteroatoms. The predicted molar refractivity (Wildman–Crippen MR) is 68.5 cm³/mol. The van der Waals surface area contributed by atoms with Gasteiger partial charge in [0.25, 0.3) is 0 Å². The van der Waals surface area contributed by atoms with E-state index in [1.165, 1.54) is 43.6 Å². The van der Waals surface area contributed by atoms with E-state index in [1.54, 1.807) is 0 Å². The molecule has 13 heavy (non-hydrogen) atoms. The van der Waals surface area contributed by atoms with Crippen molar-refractivity contribution in [1.29, 1.82) is 0 Å². The topological polar surface area (TPSA) is 0 Å². The Morgan fingerprint density at radius 1 is 1.00 bits per heavy atom. The Bertz CT molecular complexity index is 94.1. The molecule has 0 aromatic carbocycles. The molecule has 0 aromatic heterocycles. The van der Waals surface area contributed by atoms with E-state index >= 15 is 0 Å². The summed E-state index contributed by atoms with van der Waals surface area (Å²) in [6.45, 7) is 6.88. The summed E-state index contributed by atoms with van der Waals surface area (Å²) in [4.78, 5) is 0. The summed E-state index contributed by atoms with van der Waals surface area (Å²) in [7, 11) is 4.12. The molecule has 80 valence electrons. The van der Waals surface area contributed by atoms with Crippen molar-refractivity contribution in [3.05, 3.63) is 0 Å². The highest BCUT2D eigenvalue weighted by Gasteiger charge is 1.98. The van der Waals surface area contributed by atoms with E-state index in [0.717, 1.165) is 5.92 Å². The van der Waals surface area contributed by atoms with Crippen molar-refractivity contribution in [2.75, 3.05) is 11.5 Å². The van der Waals surface area contributed by atoms with Crippen molar-refractivity contribution in [1.82, 2.24) is 0 Å². The van der Waals surface area contributed by atoms with E-state index in [-0.39, 0.29) is 0 Å². The lowest BCUT2D eigenvalue weighted by atomic mass is 10.2. The van der Waals surface area contributed by atoms with Crippen LogP contribution >= 0.6 is 21.6 Å². The van der Waals surface area contributed by atoms with Crippen LogP contribution in [0.2, 0.25) is 0 Å². The van der Waals surface area contributed by atoms with Crippen LogP contribution in [0.15, 0.2) is 0 Å². The van der Waals surface area contributed by atoms with Gasteiger partial charge in [-0.25, -0.2) is 0 Å². The van der Waals surface area contributed by atoms with Gasteiger partial charge in [0.15, 0.2) is 0 Å². The van der Waals surface area contributed by atoms with Crippen LogP contribution in [-0.2, 0) is 0 Å². The van der Waals surface area contributed by atoms with Gasteiger partial charge in [0.2, 0.25) is 0 Å². The molecule has 0 nitrogen and oxygen atoms in total. The molecule has 0 heterocycles. The summed E-state index contributed by atoms with van der Waals surface area (Å²) in [6.07, 6.45) is 6.92. The molecule has 1 atom stereocenters. The zero-order valence-corrected chi connectivity index (χ0v) is 11.0. The molecule has 1 unspecified atom stereocenters. The van der Waals surface area contributed by atoms with Crippen molar-refractivity contribution < 1.29 is 0 Å². The first-order valence-electron chi connectivity index (χ1n) is 5.55. The van der Waals surface area contributed by atoms with Crippen LogP contribution in [0.3, 0.4) is 0 Å². The van der Waals surface area contributed by atoms with Crippen molar-refractivity contribution >= 4 is 21.6 Å². The first-order valence-corrected chi connectivity index (χ1v) is 8.04. The fraction of sp³-hybridized carbons (Fsp3) is 1.00. The molecule has 0 rings (SSSR count). The van der Waals surface area contributed by atoms with E-state index < -0.39 is 0 Å². The second kappa shape index (κ2) is 10.8. The van der Waals surface area contributed by atoms with Gasteiger partial charge in [0, 0.05) is 11.5 Å². The van der Waals surface area contributed by atoms with Crippen LogP contribution in [0.4, 0.5) is 0 Å². The van der Waals surface area contributed by atoms with Crippen molar-refractivity contribution in [3.8, 4) is 0 Å². The molecule has 0 aliphatic heterocycles. The molecule has 0 aromatic rings. The smallest absolute Gasteiger partial charge is 0.00625 e. The highest BCUT2D eigenvalue weighted by atomic mass is 33.1. The van der Waals surface area contributed by atoms with Crippen molar-refractivity contribution in [2.45, 2.75) is 52.9 Å². The van der Waals surface area contributed by atoms with Gasteiger partial charge in [-0.1, -0.05) is 68.0 Å². The molecule has 0 saturated carbocycles. The van der Waals surface area contributed by atoms with E-state index in [9.17, 15) is 0 Å². The number of hydrogen-bond acceptors (Lipinski definition) is 2. The van der Waals surface area contributed by atoms with Crippen LogP contribution in [0.25, 0.3) is 0 Å². The zero-order chi connectivity index (χ0) is 9.94. The lowest BCUT2D eigenvalue weighted by molar-refractivity contribution is 0.638.